The van der Waals surface area contributed by atoms with Crippen LogP contribution in [0.15, 0.2) is 60.0 Å². The zero-order valence-electron chi connectivity index (χ0n) is 11.1. The van der Waals surface area contributed by atoms with Gasteiger partial charge in [-0.2, -0.15) is 0 Å². The molecular formula is C18H13NS. The molecule has 2 heteroatoms. The molecule has 1 nitrogen and oxygen atoms in total. The van der Waals surface area contributed by atoms with Gasteiger partial charge in [-0.1, -0.05) is 36.4 Å². The first-order chi connectivity index (χ1) is 9.83. The Hall–Kier alpha value is -2.19. The fourth-order valence-corrected chi connectivity index (χ4v) is 3.47. The second-order valence-electron chi connectivity index (χ2n) is 4.98. The second-order valence-corrected chi connectivity index (χ2v) is 5.93. The first-order valence-electron chi connectivity index (χ1n) is 6.66. The van der Waals surface area contributed by atoms with Gasteiger partial charge in [0.2, 0.25) is 0 Å². The highest BCUT2D eigenvalue weighted by atomic mass is 32.1. The molecule has 0 aliphatic carbocycles. The van der Waals surface area contributed by atoms with Crippen molar-refractivity contribution in [2.75, 3.05) is 0 Å². The third-order valence-electron chi connectivity index (χ3n) is 3.67. The number of nitrogens with zero attached hydrogens (tertiary/aromatic N) is 1. The van der Waals surface area contributed by atoms with Gasteiger partial charge in [-0.25, -0.2) is 4.98 Å². The Balaban J connectivity index is 2.08. The van der Waals surface area contributed by atoms with Gasteiger partial charge in [0, 0.05) is 5.39 Å². The molecule has 0 atom stereocenters. The minimum atomic E-state index is 1.07. The summed E-state index contributed by atoms with van der Waals surface area (Å²) in [6.07, 6.45) is 0. The van der Waals surface area contributed by atoms with E-state index in [4.69, 9.17) is 4.98 Å². The highest BCUT2D eigenvalue weighted by Crippen LogP contribution is 2.31. The van der Waals surface area contributed by atoms with Crippen LogP contribution in [0.1, 0.15) is 5.56 Å². The van der Waals surface area contributed by atoms with Gasteiger partial charge in [0.05, 0.1) is 16.1 Å². The second kappa shape index (κ2) is 4.43. The molecule has 0 spiro atoms. The molecule has 0 saturated heterocycles. The van der Waals surface area contributed by atoms with Gasteiger partial charge in [0.25, 0.3) is 0 Å². The van der Waals surface area contributed by atoms with Crippen LogP contribution in [-0.2, 0) is 0 Å². The van der Waals surface area contributed by atoms with Crippen molar-refractivity contribution in [1.29, 1.82) is 0 Å². The molecule has 0 unspecified atom stereocenters. The number of fused-ring (bicyclic) bond motifs is 3. The van der Waals surface area contributed by atoms with Crippen LogP contribution in [0.25, 0.3) is 32.2 Å². The number of aryl methyl sites for hydroxylation is 1. The van der Waals surface area contributed by atoms with Crippen LogP contribution in [0.5, 0.6) is 0 Å². The fourth-order valence-electron chi connectivity index (χ4n) is 2.69. The summed E-state index contributed by atoms with van der Waals surface area (Å²) in [5.41, 5.74) is 3.40. The smallest absolute Gasteiger partial charge is 0.0838 e. The Kier molecular flexibility index (Phi) is 2.57. The molecule has 0 saturated carbocycles. The van der Waals surface area contributed by atoms with Crippen molar-refractivity contribution in [1.82, 2.24) is 4.98 Å². The molecule has 0 radical (unpaired) electrons. The van der Waals surface area contributed by atoms with Crippen LogP contribution in [0, 0.1) is 6.92 Å². The van der Waals surface area contributed by atoms with Crippen molar-refractivity contribution in [3.8, 4) is 10.6 Å². The fraction of sp³-hybridized carbons (Fsp3) is 0.0556. The molecular weight excluding hydrogens is 262 g/mol. The van der Waals surface area contributed by atoms with Crippen molar-refractivity contribution in [2.24, 2.45) is 0 Å². The maximum Gasteiger partial charge on any atom is 0.0838 e. The lowest BCUT2D eigenvalue weighted by Gasteiger charge is -2.08. The zero-order valence-corrected chi connectivity index (χ0v) is 11.9. The van der Waals surface area contributed by atoms with Gasteiger partial charge in [0.1, 0.15) is 0 Å². The normalized spacial score (nSPS) is 11.2. The molecule has 2 aromatic carbocycles. The van der Waals surface area contributed by atoms with E-state index in [1.807, 2.05) is 0 Å². The molecule has 2 aromatic heterocycles. The number of aromatic nitrogens is 1. The number of pyridine rings is 1. The highest BCUT2D eigenvalue weighted by Gasteiger charge is 2.08. The first kappa shape index (κ1) is 11.6. The molecule has 96 valence electrons. The topological polar surface area (TPSA) is 12.9 Å². The Labute approximate surface area is 121 Å². The maximum absolute atomic E-state index is 4.88. The number of hydrogen-bond donors (Lipinski definition) is 0. The van der Waals surface area contributed by atoms with E-state index in [0.717, 1.165) is 11.2 Å². The van der Waals surface area contributed by atoms with E-state index in [1.165, 1.54) is 26.6 Å². The predicted molar refractivity (Wildman–Crippen MR) is 87.3 cm³/mol. The largest absolute Gasteiger partial charge is 0.247 e. The van der Waals surface area contributed by atoms with E-state index in [1.54, 1.807) is 11.3 Å². The van der Waals surface area contributed by atoms with Crippen molar-refractivity contribution >= 4 is 33.0 Å². The summed E-state index contributed by atoms with van der Waals surface area (Å²) < 4.78 is 0. The van der Waals surface area contributed by atoms with Crippen molar-refractivity contribution < 1.29 is 0 Å². The first-order valence-corrected chi connectivity index (χ1v) is 7.54. The molecule has 0 fully saturated rings. The molecule has 0 aliphatic heterocycles. The molecule has 0 amide bonds. The van der Waals surface area contributed by atoms with E-state index in [0.29, 0.717) is 0 Å². The summed E-state index contributed by atoms with van der Waals surface area (Å²) in [6, 6.07) is 19.2. The average Bonchev–Trinajstić information content (AvgIpc) is 3.00. The summed E-state index contributed by atoms with van der Waals surface area (Å²) in [4.78, 5) is 6.11. The summed E-state index contributed by atoms with van der Waals surface area (Å²) in [6.45, 7) is 2.14. The number of hydrogen-bond acceptors (Lipinski definition) is 2. The third kappa shape index (κ3) is 1.73. The Morgan fingerprint density at radius 1 is 0.900 bits per heavy atom. The standard InChI is InChI=1S/C18H13NS/c1-12-11-15-14-6-3-2-5-13(14)8-9-16(15)19-18(12)17-7-4-10-20-17/h2-11H,1H3. The Bertz CT molecular complexity index is 907. The van der Waals surface area contributed by atoms with Crippen LogP contribution in [0.2, 0.25) is 0 Å². The van der Waals surface area contributed by atoms with Crippen LogP contribution in [0.4, 0.5) is 0 Å². The van der Waals surface area contributed by atoms with E-state index in [2.05, 4.69) is 66.9 Å². The van der Waals surface area contributed by atoms with E-state index in [-0.39, 0.29) is 0 Å². The SMILES string of the molecule is Cc1cc2c(ccc3ccccc32)nc1-c1cccs1. The number of benzene rings is 2. The predicted octanol–water partition coefficient (Wildman–Crippen LogP) is 5.42. The van der Waals surface area contributed by atoms with Gasteiger partial charge in [-0.3, -0.25) is 0 Å². The number of thiophene rings is 1. The van der Waals surface area contributed by atoms with Gasteiger partial charge in [-0.15, -0.1) is 11.3 Å². The molecule has 2 heterocycles. The van der Waals surface area contributed by atoms with E-state index >= 15 is 0 Å². The summed E-state index contributed by atoms with van der Waals surface area (Å²) >= 11 is 1.74. The van der Waals surface area contributed by atoms with Gasteiger partial charge < -0.3 is 0 Å². The van der Waals surface area contributed by atoms with Crippen molar-refractivity contribution in [2.45, 2.75) is 6.92 Å². The molecule has 4 aromatic rings. The molecule has 4 rings (SSSR count). The molecule has 0 N–H and O–H groups in total. The maximum atomic E-state index is 4.88. The van der Waals surface area contributed by atoms with Crippen molar-refractivity contribution in [3.63, 3.8) is 0 Å². The van der Waals surface area contributed by atoms with Crippen molar-refractivity contribution in [3.05, 3.63) is 65.5 Å². The van der Waals surface area contributed by atoms with Crippen LogP contribution < -0.4 is 0 Å². The lowest BCUT2D eigenvalue weighted by atomic mass is 10.0. The third-order valence-corrected chi connectivity index (χ3v) is 4.55. The van der Waals surface area contributed by atoms with Crippen LogP contribution >= 0.6 is 11.3 Å². The monoisotopic (exact) mass is 275 g/mol. The Morgan fingerprint density at radius 2 is 1.80 bits per heavy atom. The molecule has 20 heavy (non-hydrogen) atoms. The zero-order chi connectivity index (χ0) is 13.5. The minimum absolute atomic E-state index is 1.07. The van der Waals surface area contributed by atoms with Crippen LogP contribution in [-0.4, -0.2) is 4.98 Å². The number of rotatable bonds is 1. The summed E-state index contributed by atoms with van der Waals surface area (Å²) in [5.74, 6) is 0. The highest BCUT2D eigenvalue weighted by molar-refractivity contribution is 7.13. The Morgan fingerprint density at radius 3 is 2.65 bits per heavy atom. The average molecular weight is 275 g/mol. The van der Waals surface area contributed by atoms with E-state index < -0.39 is 0 Å². The van der Waals surface area contributed by atoms with Crippen LogP contribution in [0.3, 0.4) is 0 Å². The van der Waals surface area contributed by atoms with Gasteiger partial charge in [0.15, 0.2) is 0 Å². The van der Waals surface area contributed by atoms with E-state index in [9.17, 15) is 0 Å². The quantitative estimate of drug-likeness (QED) is 0.422. The summed E-state index contributed by atoms with van der Waals surface area (Å²) in [5, 5.41) is 5.88. The molecule has 0 aliphatic rings. The minimum Gasteiger partial charge on any atom is -0.247 e. The molecule has 0 bridgehead atoms. The lowest BCUT2D eigenvalue weighted by molar-refractivity contribution is 1.35. The van der Waals surface area contributed by atoms with Gasteiger partial charge in [-0.05, 0) is 46.8 Å². The lowest BCUT2D eigenvalue weighted by Crippen LogP contribution is -1.89. The van der Waals surface area contributed by atoms with Gasteiger partial charge >= 0.3 is 0 Å². The summed E-state index contributed by atoms with van der Waals surface area (Å²) in [7, 11) is 0.